The maximum atomic E-state index is 12.5. The Morgan fingerprint density at radius 2 is 1.68 bits per heavy atom. The zero-order valence-electron chi connectivity index (χ0n) is 10.8. The van der Waals surface area contributed by atoms with Gasteiger partial charge >= 0.3 is 0 Å². The van der Waals surface area contributed by atoms with Gasteiger partial charge < -0.3 is 0 Å². The minimum Gasteiger partial charge on any atom is -0.289 e. The van der Waals surface area contributed by atoms with E-state index >= 15 is 0 Å². The normalized spacial score (nSPS) is 9.84. The molecular weight excluding hydrogens is 232 g/mol. The number of hydrogen-bond donors (Lipinski definition) is 0. The van der Waals surface area contributed by atoms with Crippen LogP contribution in [0.5, 0.6) is 0 Å². The Balaban J connectivity index is 2.25. The van der Waals surface area contributed by atoms with E-state index in [0.29, 0.717) is 0 Å². The predicted molar refractivity (Wildman–Crippen MR) is 78.1 cm³/mol. The first-order chi connectivity index (χ1) is 9.33. The summed E-state index contributed by atoms with van der Waals surface area (Å²) in [6, 6.07) is 17.1. The molecule has 0 aliphatic carbocycles. The van der Waals surface area contributed by atoms with Crippen LogP contribution in [0.15, 0.2) is 54.6 Å². The van der Waals surface area contributed by atoms with E-state index in [-0.39, 0.29) is 5.78 Å². The van der Waals surface area contributed by atoms with Crippen LogP contribution in [0.3, 0.4) is 0 Å². The van der Waals surface area contributed by atoms with Gasteiger partial charge in [0.15, 0.2) is 5.78 Å². The van der Waals surface area contributed by atoms with Gasteiger partial charge in [0.1, 0.15) is 0 Å². The van der Waals surface area contributed by atoms with E-state index in [4.69, 9.17) is 6.42 Å². The summed E-state index contributed by atoms with van der Waals surface area (Å²) in [5, 5.41) is 0. The smallest absolute Gasteiger partial charge is 0.193 e. The summed E-state index contributed by atoms with van der Waals surface area (Å²) in [6.45, 7) is 0. The van der Waals surface area contributed by atoms with Crippen molar-refractivity contribution in [3.05, 3.63) is 71.3 Å². The van der Waals surface area contributed by atoms with Crippen molar-refractivity contribution in [2.45, 2.75) is 19.3 Å². The Bertz CT molecular complexity index is 591. The van der Waals surface area contributed by atoms with Crippen molar-refractivity contribution in [1.29, 1.82) is 0 Å². The molecule has 0 atom stereocenters. The fraction of sp³-hybridized carbons (Fsp3) is 0.167. The Morgan fingerprint density at radius 3 is 2.42 bits per heavy atom. The van der Waals surface area contributed by atoms with E-state index in [1.165, 1.54) is 0 Å². The molecule has 0 saturated carbocycles. The summed E-state index contributed by atoms with van der Waals surface area (Å²) in [6.07, 6.45) is 7.77. The standard InChI is InChI=1S/C18H16O/c1-2-3-5-10-15-11-8-9-14-17(15)18(19)16-12-6-4-7-13-16/h1,4,6-9,11-14H,3,5,10H2. The van der Waals surface area contributed by atoms with Crippen LogP contribution in [-0.4, -0.2) is 5.78 Å². The van der Waals surface area contributed by atoms with Gasteiger partial charge in [0, 0.05) is 17.5 Å². The SMILES string of the molecule is C#CCCCc1ccccc1C(=O)c1ccccc1. The molecule has 0 radical (unpaired) electrons. The van der Waals surface area contributed by atoms with E-state index < -0.39 is 0 Å². The van der Waals surface area contributed by atoms with E-state index in [1.54, 1.807) is 0 Å². The van der Waals surface area contributed by atoms with Gasteiger partial charge in [-0.15, -0.1) is 12.3 Å². The number of ketones is 1. The second-order valence-electron chi connectivity index (χ2n) is 4.41. The number of unbranched alkanes of at least 4 members (excludes halogenated alkanes) is 1. The average molecular weight is 248 g/mol. The Morgan fingerprint density at radius 1 is 1.00 bits per heavy atom. The summed E-state index contributed by atoms with van der Waals surface area (Å²) < 4.78 is 0. The summed E-state index contributed by atoms with van der Waals surface area (Å²) >= 11 is 0. The van der Waals surface area contributed by atoms with Gasteiger partial charge in [-0.1, -0.05) is 54.6 Å². The molecule has 0 amide bonds. The molecule has 94 valence electrons. The zero-order valence-corrected chi connectivity index (χ0v) is 10.8. The molecule has 2 rings (SSSR count). The van der Waals surface area contributed by atoms with Gasteiger partial charge in [0.05, 0.1) is 0 Å². The molecule has 0 aromatic heterocycles. The van der Waals surface area contributed by atoms with Crippen molar-refractivity contribution >= 4 is 5.78 Å². The van der Waals surface area contributed by atoms with Crippen molar-refractivity contribution in [1.82, 2.24) is 0 Å². The highest BCUT2D eigenvalue weighted by Crippen LogP contribution is 2.16. The van der Waals surface area contributed by atoms with Gasteiger partial charge in [-0.25, -0.2) is 0 Å². The van der Waals surface area contributed by atoms with Crippen LogP contribution >= 0.6 is 0 Å². The van der Waals surface area contributed by atoms with Crippen molar-refractivity contribution in [3.8, 4) is 12.3 Å². The largest absolute Gasteiger partial charge is 0.289 e. The molecule has 0 heterocycles. The van der Waals surface area contributed by atoms with Gasteiger partial charge in [-0.3, -0.25) is 4.79 Å². The molecule has 0 aliphatic rings. The van der Waals surface area contributed by atoms with Crippen LogP contribution in [0, 0.1) is 12.3 Å². The molecule has 0 unspecified atom stereocenters. The predicted octanol–water partition coefficient (Wildman–Crippen LogP) is 3.87. The highest BCUT2D eigenvalue weighted by atomic mass is 16.1. The third-order valence-electron chi connectivity index (χ3n) is 3.07. The topological polar surface area (TPSA) is 17.1 Å². The molecule has 19 heavy (non-hydrogen) atoms. The lowest BCUT2D eigenvalue weighted by Gasteiger charge is -2.08. The van der Waals surface area contributed by atoms with Gasteiger partial charge in [-0.05, 0) is 18.4 Å². The number of benzene rings is 2. The van der Waals surface area contributed by atoms with Crippen LogP contribution < -0.4 is 0 Å². The van der Waals surface area contributed by atoms with Crippen LogP contribution in [0.2, 0.25) is 0 Å². The van der Waals surface area contributed by atoms with E-state index in [9.17, 15) is 4.79 Å². The lowest BCUT2D eigenvalue weighted by Crippen LogP contribution is -2.05. The number of carbonyl (C=O) groups excluding carboxylic acids is 1. The average Bonchev–Trinajstić information content (AvgIpc) is 2.48. The van der Waals surface area contributed by atoms with Gasteiger partial charge in [0.2, 0.25) is 0 Å². The van der Waals surface area contributed by atoms with Crippen LogP contribution in [0.1, 0.15) is 34.3 Å². The third-order valence-corrected chi connectivity index (χ3v) is 3.07. The van der Waals surface area contributed by atoms with Gasteiger partial charge in [-0.2, -0.15) is 0 Å². The lowest BCUT2D eigenvalue weighted by atomic mass is 9.95. The molecule has 0 saturated heterocycles. The maximum absolute atomic E-state index is 12.5. The zero-order chi connectivity index (χ0) is 13.5. The van der Waals surface area contributed by atoms with Crippen molar-refractivity contribution in [2.24, 2.45) is 0 Å². The first-order valence-electron chi connectivity index (χ1n) is 6.44. The van der Waals surface area contributed by atoms with E-state index in [2.05, 4.69) is 5.92 Å². The molecule has 0 aliphatic heterocycles. The quantitative estimate of drug-likeness (QED) is 0.446. The third kappa shape index (κ3) is 3.33. The fourth-order valence-electron chi connectivity index (χ4n) is 2.09. The van der Waals surface area contributed by atoms with E-state index in [0.717, 1.165) is 36.0 Å². The Hall–Kier alpha value is -2.33. The fourth-order valence-corrected chi connectivity index (χ4v) is 2.09. The molecule has 0 N–H and O–H groups in total. The number of hydrogen-bond acceptors (Lipinski definition) is 1. The second-order valence-corrected chi connectivity index (χ2v) is 4.41. The molecule has 0 bridgehead atoms. The summed E-state index contributed by atoms with van der Waals surface area (Å²) in [5.41, 5.74) is 2.59. The number of rotatable bonds is 5. The highest BCUT2D eigenvalue weighted by molar-refractivity contribution is 6.09. The van der Waals surface area contributed by atoms with Crippen molar-refractivity contribution in [2.75, 3.05) is 0 Å². The maximum Gasteiger partial charge on any atom is 0.193 e. The molecule has 1 nitrogen and oxygen atoms in total. The summed E-state index contributed by atoms with van der Waals surface area (Å²) in [7, 11) is 0. The Labute approximate surface area is 114 Å². The van der Waals surface area contributed by atoms with Crippen LogP contribution in [-0.2, 0) is 6.42 Å². The first-order valence-corrected chi connectivity index (χ1v) is 6.44. The minimum absolute atomic E-state index is 0.0805. The first kappa shape index (κ1) is 13.1. The molecule has 0 spiro atoms. The Kier molecular flexibility index (Phi) is 4.53. The molecule has 2 aromatic carbocycles. The van der Waals surface area contributed by atoms with Crippen molar-refractivity contribution < 1.29 is 4.79 Å². The van der Waals surface area contributed by atoms with Crippen LogP contribution in [0.4, 0.5) is 0 Å². The molecule has 0 fully saturated rings. The monoisotopic (exact) mass is 248 g/mol. The lowest BCUT2D eigenvalue weighted by molar-refractivity contribution is 0.103. The van der Waals surface area contributed by atoms with Crippen LogP contribution in [0.25, 0.3) is 0 Å². The van der Waals surface area contributed by atoms with Gasteiger partial charge in [0.25, 0.3) is 0 Å². The minimum atomic E-state index is 0.0805. The second kappa shape index (κ2) is 6.56. The van der Waals surface area contributed by atoms with Crippen molar-refractivity contribution in [3.63, 3.8) is 0 Å². The molecule has 1 heteroatoms. The molecule has 2 aromatic rings. The highest BCUT2D eigenvalue weighted by Gasteiger charge is 2.12. The number of aryl methyl sites for hydroxylation is 1. The number of carbonyl (C=O) groups is 1. The van der Waals surface area contributed by atoms with E-state index in [1.807, 2.05) is 54.6 Å². The summed E-state index contributed by atoms with van der Waals surface area (Å²) in [4.78, 5) is 12.5. The summed E-state index contributed by atoms with van der Waals surface area (Å²) in [5.74, 6) is 2.71. The molecular formula is C18H16O. The number of terminal acetylenes is 1.